The molecule has 20 heteroatoms. The molecule has 1 saturated heterocycles. The monoisotopic (exact) mass is 612 g/mol. The number of rotatable bonds is 2. The quantitative estimate of drug-likeness (QED) is 0.223. The van der Waals surface area contributed by atoms with Gasteiger partial charge in [0.05, 0.1) is 107 Å². The Bertz CT molecular complexity index is 2110. The van der Waals surface area contributed by atoms with E-state index >= 15 is 4.39 Å². The number of carbonyl (C=O) groups is 3. The Morgan fingerprint density at radius 1 is 0.854 bits per heavy atom. The second-order valence-electron chi connectivity index (χ2n) is 12.6. The third-order valence-electron chi connectivity index (χ3n) is 9.76. The van der Waals surface area contributed by atoms with Gasteiger partial charge in [0.25, 0.3) is 11.8 Å². The van der Waals surface area contributed by atoms with Crippen LogP contribution in [0.1, 0.15) is 16.8 Å². The lowest BCUT2D eigenvalue weighted by Crippen LogP contribution is -2.82. The summed E-state index contributed by atoms with van der Waals surface area (Å²) < 4.78 is 18.8. The molecule has 0 saturated carbocycles. The minimum absolute atomic E-state index is 0.0383. The second-order valence-corrected chi connectivity index (χ2v) is 12.6. The van der Waals surface area contributed by atoms with Gasteiger partial charge in [0.15, 0.2) is 0 Å². The first-order valence-electron chi connectivity index (χ1n) is 14.6. The Balaban J connectivity index is 1.34. The maximum Gasteiger partial charge on any atom is 0.318 e. The molecule has 1 aromatic carbocycles. The highest BCUT2D eigenvalue weighted by Crippen LogP contribution is 2.68. The van der Waals surface area contributed by atoms with E-state index in [0.29, 0.717) is 38.3 Å². The molecular weight excluding hydrogens is 595 g/mol. The molecular formula is C28H15B10FN6O3. The number of hydrogen-bond acceptors (Lipinski definition) is 4. The van der Waals surface area contributed by atoms with Crippen LogP contribution in [0.25, 0.3) is 27.7 Å². The smallest absolute Gasteiger partial charge is 0.318 e. The molecule has 20 radical (unpaired) electrons. The molecule has 0 atom stereocenters. The minimum atomic E-state index is -2.62. The largest absolute Gasteiger partial charge is 0.350 e. The number of imidazole rings is 1. The Morgan fingerprint density at radius 2 is 1.50 bits per heavy atom. The van der Waals surface area contributed by atoms with Crippen molar-refractivity contribution in [3.63, 3.8) is 0 Å². The highest BCUT2D eigenvalue weighted by Gasteiger charge is 2.65. The molecule has 4 aromatic rings. The topological polar surface area (TPSA) is 91.9 Å². The molecule has 0 unspecified atom stereocenters. The molecule has 3 aromatic heterocycles. The fourth-order valence-corrected chi connectivity index (χ4v) is 6.88. The van der Waals surface area contributed by atoms with Crippen LogP contribution in [0.4, 0.5) is 9.18 Å². The molecule has 0 spiro atoms. The van der Waals surface area contributed by atoms with Crippen molar-refractivity contribution in [2.24, 2.45) is 0 Å². The summed E-state index contributed by atoms with van der Waals surface area (Å²) in [5.41, 5.74) is 2.13. The van der Waals surface area contributed by atoms with Gasteiger partial charge in [0.1, 0.15) is 11.5 Å². The van der Waals surface area contributed by atoms with E-state index in [-0.39, 0.29) is 30.8 Å². The van der Waals surface area contributed by atoms with E-state index in [4.69, 9.17) is 78.5 Å². The van der Waals surface area contributed by atoms with E-state index in [9.17, 15) is 14.4 Å². The minimum Gasteiger partial charge on any atom is -0.350 e. The highest BCUT2D eigenvalue weighted by atomic mass is 19.1. The van der Waals surface area contributed by atoms with Crippen LogP contribution < -0.4 is 5.32 Å². The number of fused-ring (bicyclic) bond motifs is 1. The molecule has 7 rings (SSSR count). The van der Waals surface area contributed by atoms with Crippen LogP contribution in [0.2, 0.25) is 15.6 Å². The van der Waals surface area contributed by atoms with E-state index in [1.807, 2.05) is 0 Å². The van der Waals surface area contributed by atoms with Crippen molar-refractivity contribution >= 4 is 124 Å². The summed E-state index contributed by atoms with van der Waals surface area (Å²) in [6, 6.07) is 6.74. The number of urea groups is 1. The number of aromatic nitrogens is 3. The second kappa shape index (κ2) is 10.1. The summed E-state index contributed by atoms with van der Waals surface area (Å²) >= 11 is 0. The van der Waals surface area contributed by atoms with Gasteiger partial charge < -0.3 is 14.4 Å². The molecule has 0 aliphatic carbocycles. The van der Waals surface area contributed by atoms with Crippen LogP contribution in [0.15, 0.2) is 48.9 Å². The predicted octanol–water partition coefficient (Wildman–Crippen LogP) is -1.41. The van der Waals surface area contributed by atoms with Gasteiger partial charge in [-0.25, -0.2) is 14.2 Å². The number of carbonyl (C=O) groups excluding carboxylic acids is 3. The zero-order valence-electron chi connectivity index (χ0n) is 25.4. The number of likely N-dealkylation sites (tertiary alicyclic amines) is 1. The van der Waals surface area contributed by atoms with Gasteiger partial charge in [-0.2, -0.15) is 0 Å². The Morgan fingerprint density at radius 3 is 2.17 bits per heavy atom. The Kier molecular flexibility index (Phi) is 6.89. The maximum absolute atomic E-state index is 15.4. The molecule has 1 N–H and O–H groups in total. The summed E-state index contributed by atoms with van der Waals surface area (Å²) in [7, 11) is 62.3. The lowest BCUT2D eigenvalue weighted by Gasteiger charge is -2.78. The lowest BCUT2D eigenvalue weighted by molar-refractivity contribution is -0.122. The fourth-order valence-electron chi connectivity index (χ4n) is 6.88. The Hall–Kier alpha value is -3.82. The highest BCUT2D eigenvalue weighted by molar-refractivity contribution is 6.70. The van der Waals surface area contributed by atoms with Gasteiger partial charge in [0, 0.05) is 43.0 Å². The maximum atomic E-state index is 15.4. The van der Waals surface area contributed by atoms with Crippen LogP contribution in [0, 0.1) is 5.82 Å². The van der Waals surface area contributed by atoms with E-state index in [1.54, 1.807) is 39.6 Å². The fraction of sp³-hybridized carbons (Fsp3) is 0.286. The molecule has 3 aliphatic heterocycles. The van der Waals surface area contributed by atoms with E-state index in [0.717, 1.165) is 0 Å². The zero-order valence-corrected chi connectivity index (χ0v) is 25.4. The Labute approximate surface area is 288 Å². The number of piperidine rings is 1. The SMILES string of the molecule is [B]C1([B])N(C(=O)N2CCn3cc(C4=C(c5cnc6ccccn56)C(=O)NC4=O)c4cc(F)cc(c43)C2)C([B])([B])C([B])([B])C([B])([B])C1([B])[B]. The van der Waals surface area contributed by atoms with Crippen LogP contribution in [0.5, 0.6) is 0 Å². The third kappa shape index (κ3) is 4.03. The molecule has 0 bridgehead atoms. The van der Waals surface area contributed by atoms with Crippen LogP contribution >= 0.6 is 0 Å². The van der Waals surface area contributed by atoms with E-state index in [1.165, 1.54) is 23.2 Å². The summed E-state index contributed by atoms with van der Waals surface area (Å²) in [5, 5.41) is -10.2. The number of halogens is 1. The predicted molar refractivity (Wildman–Crippen MR) is 186 cm³/mol. The number of benzene rings is 1. The van der Waals surface area contributed by atoms with Gasteiger partial charge >= 0.3 is 6.03 Å². The van der Waals surface area contributed by atoms with E-state index < -0.39 is 50.0 Å². The first kappa shape index (κ1) is 32.7. The molecule has 3 aliphatic rings. The summed E-state index contributed by atoms with van der Waals surface area (Å²) in [6.07, 6.45) is 4.80. The lowest BCUT2D eigenvalue weighted by atomic mass is 9.05. The number of nitrogens with zero attached hydrogens (tertiary/aromatic N) is 5. The van der Waals surface area contributed by atoms with Crippen molar-refractivity contribution in [3.8, 4) is 0 Å². The standard InChI is InChI=1S/C28H15B10FN6O3/c29-24(30)25(31,32)27(35,36)45(28(37,38)26(24,33)34)23(48)43-6-5-42-11-15(14-8-13(39)7-12(10-43)20(14)42)18-19(22(47)41-21(18)46)16-9-40-17-3-1-2-4-44(16)17/h1-4,7-9,11H,5-6,10H2,(H,41,46,47). The molecule has 48 heavy (non-hydrogen) atoms. The van der Waals surface area contributed by atoms with Crippen molar-refractivity contribution in [2.75, 3.05) is 6.54 Å². The van der Waals surface area contributed by atoms with Gasteiger partial charge in [-0.1, -0.05) is 6.07 Å². The van der Waals surface area contributed by atoms with Gasteiger partial charge in [-0.15, -0.1) is 15.6 Å². The van der Waals surface area contributed by atoms with Crippen LogP contribution in [-0.4, -0.2) is 137 Å². The van der Waals surface area contributed by atoms with Gasteiger partial charge in [-0.3, -0.25) is 19.3 Å². The zero-order chi connectivity index (χ0) is 34.9. The average molecular weight is 611 g/mol. The molecule has 6 heterocycles. The number of nitrogens with one attached hydrogen (secondary N) is 1. The normalized spacial score (nSPS) is 22.2. The van der Waals surface area contributed by atoms with Crippen LogP contribution in [-0.2, 0) is 22.7 Å². The van der Waals surface area contributed by atoms with Crippen molar-refractivity contribution in [1.29, 1.82) is 0 Å². The third-order valence-corrected chi connectivity index (χ3v) is 9.76. The van der Waals surface area contributed by atoms with Crippen molar-refractivity contribution in [2.45, 2.75) is 39.4 Å². The van der Waals surface area contributed by atoms with Crippen molar-refractivity contribution in [3.05, 3.63) is 71.6 Å². The summed E-state index contributed by atoms with van der Waals surface area (Å²) in [5.74, 6) is -1.98. The number of pyridine rings is 1. The number of imide groups is 1. The molecule has 212 valence electrons. The number of amides is 4. The van der Waals surface area contributed by atoms with Crippen LogP contribution in [0.3, 0.4) is 0 Å². The van der Waals surface area contributed by atoms with Crippen molar-refractivity contribution in [1.82, 2.24) is 29.1 Å². The molecule has 4 amide bonds. The summed E-state index contributed by atoms with van der Waals surface area (Å²) in [6.45, 7) is -0.215. The summed E-state index contributed by atoms with van der Waals surface area (Å²) in [4.78, 5) is 46.8. The molecule has 9 nitrogen and oxygen atoms in total. The van der Waals surface area contributed by atoms with E-state index in [2.05, 4.69) is 10.3 Å². The molecule has 1 fully saturated rings. The number of hydrogen-bond donors (Lipinski definition) is 1. The first-order chi connectivity index (χ1) is 22.3. The first-order valence-corrected chi connectivity index (χ1v) is 14.6. The average Bonchev–Trinajstić information content (AvgIpc) is 3.61. The van der Waals surface area contributed by atoms with Gasteiger partial charge in [0.2, 0.25) is 0 Å². The van der Waals surface area contributed by atoms with Crippen molar-refractivity contribution < 1.29 is 18.8 Å². The van der Waals surface area contributed by atoms with Gasteiger partial charge in [-0.05, 0) is 40.5 Å².